The maximum Gasteiger partial charge on any atom is 0.227 e. The van der Waals surface area contributed by atoms with E-state index in [2.05, 4.69) is 21.3 Å². The summed E-state index contributed by atoms with van der Waals surface area (Å²) < 4.78 is 18.0. The average Bonchev–Trinajstić information content (AvgIpc) is 3.39. The van der Waals surface area contributed by atoms with Crippen molar-refractivity contribution in [1.82, 2.24) is 9.97 Å². The molecule has 0 saturated carbocycles. The van der Waals surface area contributed by atoms with Gasteiger partial charge < -0.3 is 15.0 Å². The highest BCUT2D eigenvalue weighted by molar-refractivity contribution is 7.85. The van der Waals surface area contributed by atoms with E-state index >= 15 is 0 Å². The topological polar surface area (TPSA) is 79.7 Å². The first kappa shape index (κ1) is 18.2. The van der Waals surface area contributed by atoms with Crippen molar-refractivity contribution in [1.29, 1.82) is 0 Å². The zero-order valence-electron chi connectivity index (χ0n) is 16.1. The molecule has 1 atom stereocenters. The normalized spacial score (nSPS) is 25.8. The lowest BCUT2D eigenvalue weighted by Crippen LogP contribution is -2.36. The van der Waals surface area contributed by atoms with Gasteiger partial charge in [0.25, 0.3) is 0 Å². The van der Waals surface area contributed by atoms with Crippen LogP contribution in [0.15, 0.2) is 21.7 Å². The summed E-state index contributed by atoms with van der Waals surface area (Å²) in [6, 6.07) is 0.330. The summed E-state index contributed by atoms with van der Waals surface area (Å²) in [6.45, 7) is 3.42. The second kappa shape index (κ2) is 7.91. The highest BCUT2D eigenvalue weighted by atomic mass is 32.2. The minimum absolute atomic E-state index is 0.330. The van der Waals surface area contributed by atoms with Crippen molar-refractivity contribution in [3.8, 4) is 0 Å². The van der Waals surface area contributed by atoms with E-state index in [9.17, 15) is 4.21 Å². The number of aromatic nitrogens is 2. The van der Waals surface area contributed by atoms with Crippen LogP contribution in [0, 0.1) is 5.92 Å². The smallest absolute Gasteiger partial charge is 0.227 e. The van der Waals surface area contributed by atoms with E-state index < -0.39 is 10.8 Å². The number of ether oxygens (including phenoxy) is 1. The van der Waals surface area contributed by atoms with Gasteiger partial charge in [-0.05, 0) is 25.7 Å². The van der Waals surface area contributed by atoms with Gasteiger partial charge >= 0.3 is 0 Å². The van der Waals surface area contributed by atoms with E-state index in [0.29, 0.717) is 17.7 Å². The van der Waals surface area contributed by atoms with Crippen LogP contribution in [-0.2, 0) is 22.0 Å². The van der Waals surface area contributed by atoms with E-state index in [-0.39, 0.29) is 0 Å². The van der Waals surface area contributed by atoms with E-state index in [1.54, 1.807) is 0 Å². The van der Waals surface area contributed by atoms with Crippen molar-refractivity contribution in [2.75, 3.05) is 42.3 Å². The van der Waals surface area contributed by atoms with Gasteiger partial charge in [-0.3, -0.25) is 9.20 Å². The van der Waals surface area contributed by atoms with Crippen LogP contribution in [0.4, 0.5) is 11.8 Å². The van der Waals surface area contributed by atoms with Gasteiger partial charge in [0.1, 0.15) is 10.7 Å². The quantitative estimate of drug-likeness (QED) is 0.834. The highest BCUT2D eigenvalue weighted by Gasteiger charge is 2.30. The molecule has 1 N–H and O–H groups in total. The number of anilines is 2. The molecular formula is C20H27N5O2S. The standard InChI is InChI=1S/C20H27N5O2S/c26-28-13-7-17-18(28)19(22-15-5-11-27-12-6-15)24-20(23-17)25-9-3-14(4-10-25)16-2-1-8-21-16/h2,8,14-15H,1,3-7,9-13H2,(H,22,23,24). The molecule has 2 saturated heterocycles. The first-order valence-corrected chi connectivity index (χ1v) is 11.7. The van der Waals surface area contributed by atoms with Crippen LogP contribution in [0.2, 0.25) is 0 Å². The van der Waals surface area contributed by atoms with Crippen molar-refractivity contribution >= 4 is 28.8 Å². The number of aliphatic imine (C=N–C) groups is 1. The molecule has 150 valence electrons. The van der Waals surface area contributed by atoms with Gasteiger partial charge in [-0.2, -0.15) is 4.98 Å². The molecule has 0 aromatic carbocycles. The van der Waals surface area contributed by atoms with Crippen molar-refractivity contribution in [3.05, 3.63) is 17.5 Å². The molecule has 0 aliphatic carbocycles. The predicted molar refractivity (Wildman–Crippen MR) is 111 cm³/mol. The van der Waals surface area contributed by atoms with Crippen molar-refractivity contribution in [2.45, 2.75) is 49.5 Å². The predicted octanol–water partition coefficient (Wildman–Crippen LogP) is 2.31. The summed E-state index contributed by atoms with van der Waals surface area (Å²) in [5, 5.41) is 3.57. The summed E-state index contributed by atoms with van der Waals surface area (Å²) in [6.07, 6.45) is 10.1. The lowest BCUT2D eigenvalue weighted by molar-refractivity contribution is 0.0903. The van der Waals surface area contributed by atoms with Crippen LogP contribution in [-0.4, -0.2) is 58.5 Å². The zero-order valence-corrected chi connectivity index (χ0v) is 16.9. The molecule has 2 fully saturated rings. The number of fused-ring (bicyclic) bond motifs is 1. The minimum atomic E-state index is -0.995. The Hall–Kier alpha value is -1.80. The van der Waals surface area contributed by atoms with E-state index in [1.165, 1.54) is 5.70 Å². The molecule has 8 heteroatoms. The monoisotopic (exact) mass is 401 g/mol. The summed E-state index contributed by atoms with van der Waals surface area (Å²) in [7, 11) is -0.995. The fourth-order valence-corrected chi connectivity index (χ4v) is 5.80. The molecular weight excluding hydrogens is 374 g/mol. The molecule has 0 spiro atoms. The number of allylic oxidation sites excluding steroid dienone is 2. The Morgan fingerprint density at radius 2 is 1.96 bits per heavy atom. The number of nitrogens with zero attached hydrogens (tertiary/aromatic N) is 4. The highest BCUT2D eigenvalue weighted by Crippen LogP contribution is 2.33. The molecule has 0 radical (unpaired) electrons. The summed E-state index contributed by atoms with van der Waals surface area (Å²) in [4.78, 5) is 17.3. The number of nitrogens with one attached hydrogen (secondary N) is 1. The minimum Gasteiger partial charge on any atom is -0.381 e. The molecule has 4 aliphatic rings. The van der Waals surface area contributed by atoms with E-state index in [1.807, 2.05) is 6.21 Å². The first-order valence-electron chi connectivity index (χ1n) is 10.4. The largest absolute Gasteiger partial charge is 0.381 e. The number of hydrogen-bond donors (Lipinski definition) is 1. The molecule has 5 rings (SSSR count). The SMILES string of the molecule is O=S1CCc2nc(N3CCC(C4=CCC=N4)CC3)nc(NC3CCOCC3)c21. The Bertz CT molecular complexity index is 826. The molecule has 0 bridgehead atoms. The average molecular weight is 402 g/mol. The van der Waals surface area contributed by atoms with Crippen molar-refractivity contribution < 1.29 is 8.95 Å². The van der Waals surface area contributed by atoms with Crippen molar-refractivity contribution in [3.63, 3.8) is 0 Å². The number of hydrogen-bond acceptors (Lipinski definition) is 7. The van der Waals surface area contributed by atoms with Gasteiger partial charge in [0, 0.05) is 68.8 Å². The Kier molecular flexibility index (Phi) is 5.15. The second-order valence-corrected chi connectivity index (χ2v) is 9.42. The first-order chi connectivity index (χ1) is 13.8. The Morgan fingerprint density at radius 3 is 2.71 bits per heavy atom. The Balaban J connectivity index is 1.35. The second-order valence-electron chi connectivity index (χ2n) is 7.92. The molecule has 1 unspecified atom stereocenters. The third kappa shape index (κ3) is 3.59. The molecule has 28 heavy (non-hydrogen) atoms. The fourth-order valence-electron chi connectivity index (χ4n) is 4.49. The number of aryl methyl sites for hydroxylation is 1. The lowest BCUT2D eigenvalue weighted by Gasteiger charge is -2.32. The zero-order chi connectivity index (χ0) is 18.9. The lowest BCUT2D eigenvalue weighted by atomic mass is 9.94. The molecule has 1 aromatic heterocycles. The van der Waals surface area contributed by atoms with Gasteiger partial charge in [0.2, 0.25) is 5.95 Å². The Morgan fingerprint density at radius 1 is 1.14 bits per heavy atom. The fraction of sp³-hybridized carbons (Fsp3) is 0.650. The molecule has 7 nitrogen and oxygen atoms in total. The maximum atomic E-state index is 12.5. The van der Waals surface area contributed by atoms with Gasteiger partial charge in [0.05, 0.1) is 16.5 Å². The van der Waals surface area contributed by atoms with Crippen LogP contribution in [0.1, 0.15) is 37.8 Å². The maximum absolute atomic E-state index is 12.5. The third-order valence-electron chi connectivity index (χ3n) is 6.11. The van der Waals surface area contributed by atoms with Gasteiger partial charge in [-0.1, -0.05) is 6.08 Å². The van der Waals surface area contributed by atoms with Crippen molar-refractivity contribution in [2.24, 2.45) is 10.9 Å². The number of rotatable bonds is 4. The van der Waals surface area contributed by atoms with Crippen LogP contribution in [0.3, 0.4) is 0 Å². The van der Waals surface area contributed by atoms with Crippen LogP contribution in [0.25, 0.3) is 0 Å². The molecule has 0 amide bonds. The van der Waals surface area contributed by atoms with Crippen LogP contribution in [0.5, 0.6) is 0 Å². The molecule has 1 aromatic rings. The third-order valence-corrected chi connectivity index (χ3v) is 7.57. The summed E-state index contributed by atoms with van der Waals surface area (Å²) in [5.74, 6) is 2.78. The van der Waals surface area contributed by atoms with Gasteiger partial charge in [-0.25, -0.2) is 4.98 Å². The van der Waals surface area contributed by atoms with Crippen LogP contribution < -0.4 is 10.2 Å². The van der Waals surface area contributed by atoms with E-state index in [0.717, 1.165) is 87.2 Å². The van der Waals surface area contributed by atoms with Gasteiger partial charge in [0.15, 0.2) is 0 Å². The van der Waals surface area contributed by atoms with E-state index in [4.69, 9.17) is 14.7 Å². The Labute approximate surface area is 168 Å². The number of piperidine rings is 1. The molecule has 5 heterocycles. The molecule has 4 aliphatic heterocycles. The summed E-state index contributed by atoms with van der Waals surface area (Å²) in [5.41, 5.74) is 2.22. The summed E-state index contributed by atoms with van der Waals surface area (Å²) >= 11 is 0. The van der Waals surface area contributed by atoms with Crippen LogP contribution >= 0.6 is 0 Å². The van der Waals surface area contributed by atoms with Gasteiger partial charge in [-0.15, -0.1) is 0 Å².